The molecule has 2 aliphatic carbocycles. The zero-order valence-electron chi connectivity index (χ0n) is 23.2. The summed E-state index contributed by atoms with van der Waals surface area (Å²) in [6.45, 7) is 5.27. The van der Waals surface area contributed by atoms with Crippen molar-refractivity contribution in [3.63, 3.8) is 0 Å². The van der Waals surface area contributed by atoms with Crippen molar-refractivity contribution in [2.75, 3.05) is 20.7 Å². The maximum Gasteiger partial charge on any atom is 0.180 e. The molecule has 0 aliphatic heterocycles. The Balaban J connectivity index is 0.00000110. The number of fused-ring (bicyclic) bond motifs is 1. The van der Waals surface area contributed by atoms with Crippen LogP contribution in [0, 0.1) is 6.42 Å². The predicted octanol–water partition coefficient (Wildman–Crippen LogP) is 7.97. The normalized spacial score (nSPS) is 16.0. The average molecular weight is 519 g/mol. The maximum absolute atomic E-state index is 10.0. The number of rotatable bonds is 9. The highest BCUT2D eigenvalue weighted by Crippen LogP contribution is 2.28. The van der Waals surface area contributed by atoms with E-state index in [0.29, 0.717) is 0 Å². The molecule has 201 valence electrons. The Bertz CT molecular complexity index is 1300. The molecule has 0 amide bonds. The topological polar surface area (TPSA) is 32.7 Å². The Morgan fingerprint density at radius 3 is 2.13 bits per heavy atom. The molecule has 3 heteroatoms. The summed E-state index contributed by atoms with van der Waals surface area (Å²) in [7, 11) is 3.70. The molecule has 0 saturated carbocycles. The lowest BCUT2D eigenvalue weighted by Crippen LogP contribution is -2.18. The lowest BCUT2D eigenvalue weighted by atomic mass is 10.00. The van der Waals surface area contributed by atoms with Crippen molar-refractivity contribution in [3.05, 3.63) is 150 Å². The van der Waals surface area contributed by atoms with Crippen LogP contribution in [0.15, 0.2) is 115 Å². The van der Waals surface area contributed by atoms with Crippen LogP contribution in [0.5, 0.6) is 0 Å². The van der Waals surface area contributed by atoms with Crippen LogP contribution >= 0.6 is 0 Å². The van der Waals surface area contributed by atoms with Crippen LogP contribution in [0.25, 0.3) is 11.3 Å². The summed E-state index contributed by atoms with van der Waals surface area (Å²) in [6.07, 6.45) is 15.0. The van der Waals surface area contributed by atoms with Gasteiger partial charge in [-0.1, -0.05) is 109 Å². The summed E-state index contributed by atoms with van der Waals surface area (Å²) in [5, 5.41) is 10.0. The van der Waals surface area contributed by atoms with Crippen molar-refractivity contribution in [2.24, 2.45) is 0 Å². The van der Waals surface area contributed by atoms with Gasteiger partial charge in [-0.2, -0.15) is 0 Å². The average Bonchev–Trinajstić information content (AvgIpc) is 3.88. The summed E-state index contributed by atoms with van der Waals surface area (Å²) >= 11 is 0. The molecule has 0 fully saturated rings. The van der Waals surface area contributed by atoms with Crippen LogP contribution < -0.4 is 0 Å². The molecule has 0 aromatic heterocycles. The molecule has 1 unspecified atom stereocenters. The quantitative estimate of drug-likeness (QED) is 0.135. The molecule has 3 aromatic carbocycles. The molecular weight excluding hydrogens is 478 g/mol. The van der Waals surface area contributed by atoms with Crippen LogP contribution in [0.1, 0.15) is 53.4 Å². The van der Waals surface area contributed by atoms with Gasteiger partial charge in [0.1, 0.15) is 0 Å². The zero-order valence-corrected chi connectivity index (χ0v) is 23.2. The molecule has 1 N–H and O–H groups in total. The summed E-state index contributed by atoms with van der Waals surface area (Å²) in [6, 6.07) is 27.2. The van der Waals surface area contributed by atoms with E-state index in [1.165, 1.54) is 35.1 Å². The van der Waals surface area contributed by atoms with Gasteiger partial charge in [0.15, 0.2) is 6.29 Å². The Labute approximate surface area is 234 Å². The third-order valence-corrected chi connectivity index (χ3v) is 7.20. The molecule has 39 heavy (non-hydrogen) atoms. The van der Waals surface area contributed by atoms with Gasteiger partial charge in [-0.15, -0.1) is 0 Å². The van der Waals surface area contributed by atoms with Gasteiger partial charge in [0, 0.05) is 38.4 Å². The van der Waals surface area contributed by atoms with Crippen molar-refractivity contribution in [2.45, 2.75) is 38.4 Å². The van der Waals surface area contributed by atoms with Gasteiger partial charge in [-0.3, -0.25) is 0 Å². The van der Waals surface area contributed by atoms with Gasteiger partial charge >= 0.3 is 0 Å². The smallest absolute Gasteiger partial charge is 0.180 e. The molecule has 0 saturated heterocycles. The van der Waals surface area contributed by atoms with Gasteiger partial charge < -0.3 is 14.7 Å². The third kappa shape index (κ3) is 8.68. The number of ether oxygens (including phenoxy) is 1. The molecule has 1 radical (unpaired) electrons. The minimum Gasteiger partial charge on any atom is -0.374 e. The number of hydrogen-bond donors (Lipinski definition) is 1. The van der Waals surface area contributed by atoms with Crippen molar-refractivity contribution in [1.29, 1.82) is 0 Å². The number of allylic oxidation sites excluding steroid dienone is 5. The van der Waals surface area contributed by atoms with Crippen molar-refractivity contribution in [3.8, 4) is 0 Å². The minimum atomic E-state index is -0.853. The number of hydrogen-bond acceptors (Lipinski definition) is 3. The van der Waals surface area contributed by atoms with Crippen LogP contribution in [0.2, 0.25) is 0 Å². The van der Waals surface area contributed by atoms with Gasteiger partial charge in [-0.05, 0) is 66.0 Å². The fourth-order valence-electron chi connectivity index (χ4n) is 4.84. The highest BCUT2D eigenvalue weighted by Gasteiger charge is 2.14. The largest absolute Gasteiger partial charge is 0.374 e. The van der Waals surface area contributed by atoms with Crippen LogP contribution in [-0.4, -0.2) is 30.7 Å². The van der Waals surface area contributed by atoms with Gasteiger partial charge in [0.05, 0.1) is 0 Å². The molecular formula is C36H40NO2. The first kappa shape index (κ1) is 28.4. The second-order valence-corrected chi connectivity index (χ2v) is 10.1. The van der Waals surface area contributed by atoms with E-state index in [1.54, 1.807) is 0 Å². The zero-order chi connectivity index (χ0) is 27.5. The molecule has 3 aromatic rings. The van der Waals surface area contributed by atoms with Crippen molar-refractivity contribution < 1.29 is 9.84 Å². The second-order valence-electron chi connectivity index (χ2n) is 10.1. The molecule has 1 atom stereocenters. The van der Waals surface area contributed by atoms with Gasteiger partial charge in [0.2, 0.25) is 0 Å². The fourth-order valence-corrected chi connectivity index (χ4v) is 4.84. The van der Waals surface area contributed by atoms with Crippen LogP contribution in [0.3, 0.4) is 0 Å². The molecule has 5 rings (SSSR count). The van der Waals surface area contributed by atoms with E-state index in [9.17, 15) is 5.11 Å². The number of aliphatic hydroxyl groups excluding tert-OH is 1. The molecule has 0 spiro atoms. The highest BCUT2D eigenvalue weighted by atomic mass is 16.6. The van der Waals surface area contributed by atoms with Gasteiger partial charge in [-0.25, -0.2) is 0 Å². The number of nitrogens with zero attached hydrogens (tertiary/aromatic N) is 1. The highest BCUT2D eigenvalue weighted by molar-refractivity contribution is 5.82. The minimum absolute atomic E-state index is 0.836. The Hall–Kier alpha value is -3.66. The summed E-state index contributed by atoms with van der Waals surface area (Å²) < 4.78 is 5.08. The summed E-state index contributed by atoms with van der Waals surface area (Å²) in [5.41, 5.74) is 9.60. The Morgan fingerprint density at radius 2 is 1.51 bits per heavy atom. The third-order valence-electron chi connectivity index (χ3n) is 7.20. The molecule has 0 bridgehead atoms. The van der Waals surface area contributed by atoms with Gasteiger partial charge in [0.25, 0.3) is 0 Å². The number of methoxy groups -OCH3 is 1. The monoisotopic (exact) mass is 518 g/mol. The molecule has 2 aliphatic rings. The standard InChI is InChI=1S/C33H37NO2.C3H3/c1-25(27-12-6-4-7-13-27)23-32(29-14-8-5-9-15-29)34(2)22-10-11-26-16-18-28-20-21-31(33(35)36-3)24-30(28)19-17-26;1-2-3-1/h4-9,11-15,20-21,23-24,33,35H,1,10,16-19,22H2,2-3H3;1-3H/b26-11-,32-23-;. The lowest BCUT2D eigenvalue weighted by molar-refractivity contribution is -0.0769. The summed E-state index contributed by atoms with van der Waals surface area (Å²) in [5.74, 6) is 0. The van der Waals surface area contributed by atoms with Crippen molar-refractivity contribution >= 4 is 11.3 Å². The van der Waals surface area contributed by atoms with E-state index in [2.05, 4.69) is 97.4 Å². The van der Waals surface area contributed by atoms with E-state index >= 15 is 0 Å². The first-order chi connectivity index (χ1) is 19.0. The Morgan fingerprint density at radius 1 is 0.897 bits per heavy atom. The lowest BCUT2D eigenvalue weighted by Gasteiger charge is -2.23. The van der Waals surface area contributed by atoms with E-state index < -0.39 is 6.29 Å². The predicted molar refractivity (Wildman–Crippen MR) is 164 cm³/mol. The number of aryl methyl sites for hydroxylation is 2. The Kier molecular flexibility index (Phi) is 10.5. The van der Waals surface area contributed by atoms with Crippen LogP contribution in [0.4, 0.5) is 0 Å². The number of aliphatic hydroxyl groups is 1. The van der Waals surface area contributed by atoms with E-state index in [1.807, 2.05) is 30.7 Å². The van der Waals surface area contributed by atoms with E-state index in [4.69, 9.17) is 4.74 Å². The van der Waals surface area contributed by atoms with Crippen molar-refractivity contribution in [1.82, 2.24) is 4.90 Å². The number of benzene rings is 3. The fraction of sp³-hybridized carbons (Fsp3) is 0.250. The molecule has 3 nitrogen and oxygen atoms in total. The first-order valence-corrected chi connectivity index (χ1v) is 13.8. The van der Waals surface area contributed by atoms with E-state index in [0.717, 1.165) is 55.3 Å². The maximum atomic E-state index is 10.0. The SMILES string of the molecule is C=C(/C=C(/c1ccccc1)N(C)CC/C=C1/CCc2ccc(C(O)OC)cc2CC1)c1ccccc1.[CH]1C=C1. The second kappa shape index (κ2) is 14.5. The van der Waals surface area contributed by atoms with Crippen LogP contribution in [-0.2, 0) is 17.6 Å². The van der Waals surface area contributed by atoms with E-state index in [-0.39, 0.29) is 0 Å². The molecule has 0 heterocycles. The summed E-state index contributed by atoms with van der Waals surface area (Å²) in [4.78, 5) is 2.34. The first-order valence-electron chi connectivity index (χ1n) is 13.8.